The average molecular weight is 285 g/mol. The van der Waals surface area contributed by atoms with E-state index in [0.717, 1.165) is 35.8 Å². The van der Waals surface area contributed by atoms with E-state index in [-0.39, 0.29) is 0 Å². The van der Waals surface area contributed by atoms with Crippen molar-refractivity contribution in [3.05, 3.63) is 48.0 Å². The number of nitrogen functional groups attached to an aromatic ring is 1. The highest BCUT2D eigenvalue weighted by atomic mass is 16.5. The first-order valence-corrected chi connectivity index (χ1v) is 7.39. The molecule has 0 atom stereocenters. The zero-order chi connectivity index (χ0) is 15.2. The van der Waals surface area contributed by atoms with E-state index >= 15 is 0 Å². The third-order valence-corrected chi connectivity index (χ3v) is 3.75. The third-order valence-electron chi connectivity index (χ3n) is 3.75. The van der Waals surface area contributed by atoms with Crippen molar-refractivity contribution in [1.29, 1.82) is 0 Å². The lowest BCUT2D eigenvalue weighted by molar-refractivity contribution is 0.377. The van der Waals surface area contributed by atoms with E-state index < -0.39 is 0 Å². The van der Waals surface area contributed by atoms with Crippen LogP contribution in [-0.4, -0.2) is 7.11 Å². The highest BCUT2D eigenvalue weighted by Gasteiger charge is 2.12. The lowest BCUT2D eigenvalue weighted by Gasteiger charge is -2.16. The predicted octanol–water partition coefficient (Wildman–Crippen LogP) is 4.97. The second kappa shape index (κ2) is 7.02. The van der Waals surface area contributed by atoms with Crippen LogP contribution in [0.15, 0.2) is 42.5 Å². The standard InChI is InChI=1S/C18H23NO2/c1-4-13(5-2)14-6-11-17(18(12-14)20-3)21-16-9-7-15(19)8-10-16/h6-13H,4-5,19H2,1-3H3. The molecule has 2 rings (SSSR count). The molecule has 0 spiro atoms. The van der Waals surface area contributed by atoms with Crippen molar-refractivity contribution in [3.63, 3.8) is 0 Å². The summed E-state index contributed by atoms with van der Waals surface area (Å²) in [6.45, 7) is 4.42. The Morgan fingerprint density at radius 3 is 2.19 bits per heavy atom. The Morgan fingerprint density at radius 1 is 0.952 bits per heavy atom. The van der Waals surface area contributed by atoms with Crippen LogP contribution in [0, 0.1) is 0 Å². The van der Waals surface area contributed by atoms with Gasteiger partial charge in [0, 0.05) is 5.69 Å². The van der Waals surface area contributed by atoms with Gasteiger partial charge in [-0.3, -0.25) is 0 Å². The number of ether oxygens (including phenoxy) is 2. The van der Waals surface area contributed by atoms with Crippen LogP contribution in [0.2, 0.25) is 0 Å². The third kappa shape index (κ3) is 3.69. The van der Waals surface area contributed by atoms with Crippen LogP contribution >= 0.6 is 0 Å². The van der Waals surface area contributed by atoms with Gasteiger partial charge in [0.2, 0.25) is 0 Å². The molecule has 21 heavy (non-hydrogen) atoms. The van der Waals surface area contributed by atoms with Gasteiger partial charge in [0.25, 0.3) is 0 Å². The van der Waals surface area contributed by atoms with Crippen LogP contribution in [0.1, 0.15) is 38.2 Å². The molecule has 0 saturated carbocycles. The van der Waals surface area contributed by atoms with Crippen LogP contribution in [0.4, 0.5) is 5.69 Å². The van der Waals surface area contributed by atoms with Crippen molar-refractivity contribution in [2.24, 2.45) is 0 Å². The zero-order valence-electron chi connectivity index (χ0n) is 12.9. The Morgan fingerprint density at radius 2 is 1.62 bits per heavy atom. The zero-order valence-corrected chi connectivity index (χ0v) is 12.9. The minimum Gasteiger partial charge on any atom is -0.493 e. The Hall–Kier alpha value is -2.16. The van der Waals surface area contributed by atoms with Gasteiger partial charge in [-0.1, -0.05) is 19.9 Å². The number of rotatable bonds is 6. The van der Waals surface area contributed by atoms with E-state index in [2.05, 4.69) is 26.0 Å². The highest BCUT2D eigenvalue weighted by Crippen LogP contribution is 2.35. The molecule has 0 aliphatic carbocycles. The lowest BCUT2D eigenvalue weighted by Crippen LogP contribution is -1.98. The van der Waals surface area contributed by atoms with Crippen molar-refractivity contribution < 1.29 is 9.47 Å². The van der Waals surface area contributed by atoms with Crippen molar-refractivity contribution in [1.82, 2.24) is 0 Å². The first-order chi connectivity index (χ1) is 10.2. The van der Waals surface area contributed by atoms with Crippen LogP contribution in [0.5, 0.6) is 17.2 Å². The Bertz CT molecular complexity index is 574. The molecule has 112 valence electrons. The molecular formula is C18H23NO2. The fourth-order valence-electron chi connectivity index (χ4n) is 2.45. The summed E-state index contributed by atoms with van der Waals surface area (Å²) in [4.78, 5) is 0. The van der Waals surface area contributed by atoms with Gasteiger partial charge in [0.05, 0.1) is 7.11 Å². The monoisotopic (exact) mass is 285 g/mol. The van der Waals surface area contributed by atoms with Gasteiger partial charge < -0.3 is 15.2 Å². The molecule has 0 fully saturated rings. The summed E-state index contributed by atoms with van der Waals surface area (Å²) >= 11 is 0. The number of anilines is 1. The van der Waals surface area contributed by atoms with Gasteiger partial charge in [-0.25, -0.2) is 0 Å². The fourth-order valence-corrected chi connectivity index (χ4v) is 2.45. The smallest absolute Gasteiger partial charge is 0.169 e. The van der Waals surface area contributed by atoms with E-state index in [4.69, 9.17) is 15.2 Å². The average Bonchev–Trinajstić information content (AvgIpc) is 2.52. The molecule has 3 heteroatoms. The van der Waals surface area contributed by atoms with Crippen molar-refractivity contribution >= 4 is 5.69 Å². The van der Waals surface area contributed by atoms with Crippen LogP contribution in [0.3, 0.4) is 0 Å². The van der Waals surface area contributed by atoms with Gasteiger partial charge in [-0.15, -0.1) is 0 Å². The van der Waals surface area contributed by atoms with Crippen molar-refractivity contribution in [2.75, 3.05) is 12.8 Å². The van der Waals surface area contributed by atoms with E-state index in [1.165, 1.54) is 5.56 Å². The summed E-state index contributed by atoms with van der Waals surface area (Å²) < 4.78 is 11.3. The van der Waals surface area contributed by atoms with Crippen LogP contribution < -0.4 is 15.2 Å². The number of hydrogen-bond acceptors (Lipinski definition) is 3. The summed E-state index contributed by atoms with van der Waals surface area (Å²) in [5, 5.41) is 0. The fraction of sp³-hybridized carbons (Fsp3) is 0.333. The molecule has 3 nitrogen and oxygen atoms in total. The lowest BCUT2D eigenvalue weighted by atomic mass is 9.94. The summed E-state index contributed by atoms with van der Waals surface area (Å²) in [5.41, 5.74) is 7.69. The van der Waals surface area contributed by atoms with Gasteiger partial charge in [-0.05, 0) is 60.7 Å². The minimum atomic E-state index is 0.560. The molecule has 0 heterocycles. The molecule has 0 aliphatic heterocycles. The van der Waals surface area contributed by atoms with Gasteiger partial charge in [0.1, 0.15) is 5.75 Å². The maximum atomic E-state index is 5.88. The minimum absolute atomic E-state index is 0.560. The SMILES string of the molecule is CCC(CC)c1ccc(Oc2ccc(N)cc2)c(OC)c1. The molecular weight excluding hydrogens is 262 g/mol. The molecule has 2 aromatic carbocycles. The van der Waals surface area contributed by atoms with E-state index in [1.807, 2.05) is 30.3 Å². The maximum absolute atomic E-state index is 5.88. The van der Waals surface area contributed by atoms with Crippen LogP contribution in [-0.2, 0) is 0 Å². The summed E-state index contributed by atoms with van der Waals surface area (Å²) in [5.74, 6) is 2.79. The quantitative estimate of drug-likeness (QED) is 0.762. The summed E-state index contributed by atoms with van der Waals surface area (Å²) in [7, 11) is 1.67. The first kappa shape index (κ1) is 15.2. The van der Waals surface area contributed by atoms with Crippen LogP contribution in [0.25, 0.3) is 0 Å². The number of methoxy groups -OCH3 is 1. The van der Waals surface area contributed by atoms with E-state index in [0.29, 0.717) is 5.92 Å². The molecule has 0 aromatic heterocycles. The summed E-state index contributed by atoms with van der Waals surface area (Å²) in [6.07, 6.45) is 2.25. The Kier molecular flexibility index (Phi) is 5.09. The van der Waals surface area contributed by atoms with Crippen molar-refractivity contribution in [2.45, 2.75) is 32.6 Å². The molecule has 0 bridgehead atoms. The van der Waals surface area contributed by atoms with Gasteiger partial charge >= 0.3 is 0 Å². The van der Waals surface area contributed by atoms with E-state index in [9.17, 15) is 0 Å². The second-order valence-corrected chi connectivity index (χ2v) is 5.09. The molecule has 0 saturated heterocycles. The number of hydrogen-bond donors (Lipinski definition) is 1. The molecule has 0 unspecified atom stereocenters. The second-order valence-electron chi connectivity index (χ2n) is 5.09. The highest BCUT2D eigenvalue weighted by molar-refractivity contribution is 5.48. The molecule has 0 aliphatic rings. The number of benzene rings is 2. The van der Waals surface area contributed by atoms with Gasteiger partial charge in [-0.2, -0.15) is 0 Å². The van der Waals surface area contributed by atoms with Gasteiger partial charge in [0.15, 0.2) is 11.5 Å². The largest absolute Gasteiger partial charge is 0.493 e. The first-order valence-electron chi connectivity index (χ1n) is 7.39. The maximum Gasteiger partial charge on any atom is 0.169 e. The topological polar surface area (TPSA) is 44.5 Å². The Labute approximate surface area is 126 Å². The Balaban J connectivity index is 2.25. The normalized spacial score (nSPS) is 10.7. The molecule has 2 aromatic rings. The van der Waals surface area contributed by atoms with E-state index in [1.54, 1.807) is 7.11 Å². The summed E-state index contributed by atoms with van der Waals surface area (Å²) in [6, 6.07) is 13.5. The molecule has 0 radical (unpaired) electrons. The molecule has 2 N–H and O–H groups in total. The molecule has 0 amide bonds. The number of nitrogens with two attached hydrogens (primary N) is 1. The predicted molar refractivity (Wildman–Crippen MR) is 87.2 cm³/mol. The van der Waals surface area contributed by atoms with Crippen molar-refractivity contribution in [3.8, 4) is 17.2 Å².